The van der Waals surface area contributed by atoms with Crippen LogP contribution in [0, 0.1) is 6.92 Å². The van der Waals surface area contributed by atoms with Gasteiger partial charge in [-0.05, 0) is 42.7 Å². The van der Waals surface area contributed by atoms with Gasteiger partial charge in [-0.3, -0.25) is 20.2 Å². The normalized spacial score (nSPS) is 18.4. The summed E-state index contributed by atoms with van der Waals surface area (Å²) in [7, 11) is 1.51. The van der Waals surface area contributed by atoms with Crippen molar-refractivity contribution in [2.75, 3.05) is 30.4 Å². The van der Waals surface area contributed by atoms with E-state index in [1.165, 1.54) is 7.11 Å². The van der Waals surface area contributed by atoms with Gasteiger partial charge in [0, 0.05) is 17.1 Å². The molecule has 2 aromatic carbocycles. The molecule has 10 heteroatoms. The highest BCUT2D eigenvalue weighted by Crippen LogP contribution is 2.43. The van der Waals surface area contributed by atoms with Crippen LogP contribution in [0.15, 0.2) is 30.3 Å². The van der Waals surface area contributed by atoms with Crippen LogP contribution < -0.4 is 20.3 Å². The lowest BCUT2D eigenvalue weighted by Gasteiger charge is -2.40. The van der Waals surface area contributed by atoms with Crippen LogP contribution in [-0.2, 0) is 14.3 Å². The summed E-state index contributed by atoms with van der Waals surface area (Å²) in [5, 5.41) is 5.92. The number of rotatable bonds is 5. The van der Waals surface area contributed by atoms with Gasteiger partial charge in [-0.25, -0.2) is 4.79 Å². The van der Waals surface area contributed by atoms with Crippen LogP contribution in [0.5, 0.6) is 5.75 Å². The zero-order chi connectivity index (χ0) is 23.7. The van der Waals surface area contributed by atoms with Gasteiger partial charge in [0.2, 0.25) is 11.8 Å². The first-order valence-corrected chi connectivity index (χ1v) is 11.2. The summed E-state index contributed by atoms with van der Waals surface area (Å²) < 4.78 is 11.0. The number of anilines is 2. The van der Waals surface area contributed by atoms with Crippen molar-refractivity contribution in [1.82, 2.24) is 5.32 Å². The fourth-order valence-electron chi connectivity index (χ4n) is 3.94. The number of aryl methyl sites for hydroxylation is 1. The Hall–Kier alpha value is -2.97. The predicted molar refractivity (Wildman–Crippen MR) is 125 cm³/mol. The monoisotopic (exact) mass is 491 g/mol. The van der Waals surface area contributed by atoms with E-state index in [-0.39, 0.29) is 24.3 Å². The van der Waals surface area contributed by atoms with Crippen LogP contribution in [0.1, 0.15) is 29.9 Å². The smallest absolute Gasteiger partial charge is 0.412 e. The summed E-state index contributed by atoms with van der Waals surface area (Å²) in [4.78, 5) is 37.9. The minimum Gasteiger partial charge on any atom is -0.493 e. The average Bonchev–Trinajstić information content (AvgIpc) is 2.73. The molecule has 0 aromatic heterocycles. The summed E-state index contributed by atoms with van der Waals surface area (Å²) in [5.74, 6) is -0.709. The number of nitrogens with zero attached hydrogens (tertiary/aromatic N) is 1. The number of imide groups is 1. The molecule has 0 spiro atoms. The van der Waals surface area contributed by atoms with E-state index < -0.39 is 12.0 Å². The van der Waals surface area contributed by atoms with Crippen molar-refractivity contribution in [3.63, 3.8) is 0 Å². The number of ether oxygens (including phenoxy) is 2. The summed E-state index contributed by atoms with van der Waals surface area (Å²) in [6.07, 6.45) is -0.200. The van der Waals surface area contributed by atoms with Crippen molar-refractivity contribution in [3.8, 4) is 5.75 Å². The maximum atomic E-state index is 12.3. The highest BCUT2D eigenvalue weighted by molar-refractivity contribution is 6.33. The molecule has 2 aliphatic rings. The average molecular weight is 492 g/mol. The second-order valence-corrected chi connectivity index (χ2v) is 8.83. The molecule has 2 saturated heterocycles. The zero-order valence-electron chi connectivity index (χ0n) is 18.1. The van der Waals surface area contributed by atoms with E-state index in [1.807, 2.05) is 24.0 Å². The molecule has 0 aliphatic carbocycles. The number of halogens is 2. The zero-order valence-corrected chi connectivity index (χ0v) is 19.6. The minimum absolute atomic E-state index is 0.263. The van der Waals surface area contributed by atoms with Crippen LogP contribution in [0.2, 0.25) is 10.0 Å². The second kappa shape index (κ2) is 9.49. The largest absolute Gasteiger partial charge is 0.493 e. The molecule has 2 N–H and O–H groups in total. The lowest BCUT2D eigenvalue weighted by Crippen LogP contribution is -2.53. The van der Waals surface area contributed by atoms with Crippen LogP contribution in [0.4, 0.5) is 16.2 Å². The molecule has 0 radical (unpaired) electrons. The molecular formula is C23H23Cl2N3O5. The Labute approximate surface area is 201 Å². The van der Waals surface area contributed by atoms with Gasteiger partial charge < -0.3 is 14.4 Å². The molecule has 0 saturated carbocycles. The van der Waals surface area contributed by atoms with E-state index in [2.05, 4.69) is 10.6 Å². The molecule has 8 nitrogen and oxygen atoms in total. The Morgan fingerprint density at radius 1 is 1.18 bits per heavy atom. The molecule has 2 fully saturated rings. The molecule has 2 heterocycles. The van der Waals surface area contributed by atoms with Crippen LogP contribution >= 0.6 is 23.2 Å². The van der Waals surface area contributed by atoms with E-state index in [9.17, 15) is 14.4 Å². The molecule has 2 aliphatic heterocycles. The van der Waals surface area contributed by atoms with Crippen molar-refractivity contribution in [2.24, 2.45) is 0 Å². The fraction of sp³-hybridized carbons (Fsp3) is 0.348. The molecule has 4 rings (SSSR count). The number of hydrogen-bond donors (Lipinski definition) is 2. The van der Waals surface area contributed by atoms with E-state index in [0.29, 0.717) is 46.6 Å². The van der Waals surface area contributed by atoms with Crippen LogP contribution in [0.3, 0.4) is 0 Å². The number of carbonyl (C=O) groups is 3. The number of amides is 3. The molecule has 174 valence electrons. The quantitative estimate of drug-likeness (QED) is 0.606. The van der Waals surface area contributed by atoms with Gasteiger partial charge in [0.05, 0.1) is 36.8 Å². The molecule has 3 amide bonds. The number of nitrogens with one attached hydrogen (secondary N) is 2. The lowest BCUT2D eigenvalue weighted by molar-refractivity contribution is -0.134. The highest BCUT2D eigenvalue weighted by atomic mass is 35.5. The third-order valence-corrected chi connectivity index (χ3v) is 6.60. The summed E-state index contributed by atoms with van der Waals surface area (Å²) in [6, 6.07) is 8.85. The van der Waals surface area contributed by atoms with Gasteiger partial charge in [-0.15, -0.1) is 0 Å². The number of piperidine rings is 1. The van der Waals surface area contributed by atoms with Gasteiger partial charge >= 0.3 is 6.09 Å². The first-order chi connectivity index (χ1) is 15.8. The lowest BCUT2D eigenvalue weighted by atomic mass is 9.90. The molecular weight excluding hydrogens is 469 g/mol. The molecule has 1 atom stereocenters. The van der Waals surface area contributed by atoms with Gasteiger partial charge in [-0.2, -0.15) is 0 Å². The van der Waals surface area contributed by atoms with Crippen molar-refractivity contribution >= 4 is 52.5 Å². The fourth-order valence-corrected chi connectivity index (χ4v) is 4.49. The topological polar surface area (TPSA) is 97.0 Å². The van der Waals surface area contributed by atoms with E-state index in [1.54, 1.807) is 18.2 Å². The molecule has 33 heavy (non-hydrogen) atoms. The first-order valence-electron chi connectivity index (χ1n) is 10.5. The summed E-state index contributed by atoms with van der Waals surface area (Å²) in [5.41, 5.74) is 2.83. The minimum atomic E-state index is -0.558. The maximum absolute atomic E-state index is 12.3. The third-order valence-electron chi connectivity index (χ3n) is 5.81. The Kier molecular flexibility index (Phi) is 6.67. The van der Waals surface area contributed by atoms with E-state index in [0.717, 1.165) is 11.3 Å². The molecule has 1 unspecified atom stereocenters. The van der Waals surface area contributed by atoms with Gasteiger partial charge in [0.1, 0.15) is 6.10 Å². The molecule has 2 aromatic rings. The Morgan fingerprint density at radius 3 is 2.61 bits per heavy atom. The highest BCUT2D eigenvalue weighted by Gasteiger charge is 2.35. The number of benzene rings is 2. The Bertz CT molecular complexity index is 1120. The Balaban J connectivity index is 1.39. The maximum Gasteiger partial charge on any atom is 0.412 e. The van der Waals surface area contributed by atoms with Crippen molar-refractivity contribution < 1.29 is 23.9 Å². The van der Waals surface area contributed by atoms with E-state index >= 15 is 0 Å². The number of hydrogen-bond acceptors (Lipinski definition) is 6. The SMILES string of the molecule is COc1c(N2CC(OC(=O)Nc3ccc(C)c(Cl)c3)C2)ccc(C2CCC(=O)NC2=O)c1Cl. The van der Waals surface area contributed by atoms with Gasteiger partial charge in [0.25, 0.3) is 0 Å². The number of methoxy groups -OCH3 is 1. The van der Waals surface area contributed by atoms with Crippen molar-refractivity contribution in [3.05, 3.63) is 51.5 Å². The first kappa shape index (κ1) is 23.2. The van der Waals surface area contributed by atoms with Crippen molar-refractivity contribution in [2.45, 2.75) is 31.8 Å². The van der Waals surface area contributed by atoms with Crippen molar-refractivity contribution in [1.29, 1.82) is 0 Å². The summed E-state index contributed by atoms with van der Waals surface area (Å²) in [6.45, 7) is 2.81. The Morgan fingerprint density at radius 2 is 1.94 bits per heavy atom. The van der Waals surface area contributed by atoms with Gasteiger partial charge in [-0.1, -0.05) is 35.3 Å². The second-order valence-electron chi connectivity index (χ2n) is 8.05. The van der Waals surface area contributed by atoms with Crippen LogP contribution in [-0.4, -0.2) is 44.2 Å². The summed E-state index contributed by atoms with van der Waals surface area (Å²) >= 11 is 12.7. The van der Waals surface area contributed by atoms with E-state index in [4.69, 9.17) is 32.7 Å². The third kappa shape index (κ3) is 4.86. The van der Waals surface area contributed by atoms with Crippen LogP contribution in [0.25, 0.3) is 0 Å². The number of carbonyl (C=O) groups excluding carboxylic acids is 3. The standard InChI is InChI=1S/C23H23Cl2N3O5/c1-12-3-4-13(9-17(12)24)26-23(31)33-14-10-28(11-14)18-7-5-15(20(25)21(18)32-2)16-6-8-19(29)27-22(16)30/h3-5,7,9,14,16H,6,8,10-11H2,1-2H3,(H,26,31)(H,27,29,30). The van der Waals surface area contributed by atoms with Gasteiger partial charge in [0.15, 0.2) is 5.75 Å². The molecule has 0 bridgehead atoms. The predicted octanol–water partition coefficient (Wildman–Crippen LogP) is 4.27.